The zero-order chi connectivity index (χ0) is 25.0. The van der Waals surface area contributed by atoms with Crippen LogP contribution in [0.1, 0.15) is 59.2 Å². The van der Waals surface area contributed by atoms with Gasteiger partial charge in [-0.3, -0.25) is 4.79 Å². The summed E-state index contributed by atoms with van der Waals surface area (Å²) >= 11 is 0. The lowest BCUT2D eigenvalue weighted by Crippen LogP contribution is -2.27. The summed E-state index contributed by atoms with van der Waals surface area (Å²) in [4.78, 5) is 12.0. The second-order valence-corrected chi connectivity index (χ2v) is 9.85. The minimum absolute atomic E-state index is 0.00350. The topological polar surface area (TPSA) is 71.7 Å². The van der Waals surface area contributed by atoms with E-state index in [4.69, 9.17) is 4.74 Å². The maximum Gasteiger partial charge on any atom is 0.308 e. The SMILES string of the molecule is CC(C)n1c(/C=C/[C@@H](O)C[C@H](O)CC(=O)OC(C)(C)C)c(-c2ccc(F)cc2)c2ccccc21. The molecule has 3 aromatic rings. The third kappa shape index (κ3) is 6.33. The van der Waals surface area contributed by atoms with Gasteiger partial charge in [0, 0.05) is 34.6 Å². The first-order valence-electron chi connectivity index (χ1n) is 11.6. The molecule has 2 N–H and O–H groups in total. The van der Waals surface area contributed by atoms with Crippen LogP contribution in [0, 0.1) is 5.82 Å². The van der Waals surface area contributed by atoms with Crippen LogP contribution in [-0.2, 0) is 9.53 Å². The second kappa shape index (κ2) is 10.5. The molecular formula is C28H34FNO4. The number of aliphatic hydroxyl groups excluding tert-OH is 2. The number of benzene rings is 2. The highest BCUT2D eigenvalue weighted by Crippen LogP contribution is 2.38. The minimum Gasteiger partial charge on any atom is -0.460 e. The van der Waals surface area contributed by atoms with Crippen molar-refractivity contribution in [2.75, 3.05) is 0 Å². The first-order chi connectivity index (χ1) is 16.0. The van der Waals surface area contributed by atoms with Crippen molar-refractivity contribution in [3.8, 4) is 11.1 Å². The number of hydrogen-bond acceptors (Lipinski definition) is 4. The number of halogens is 1. The highest BCUT2D eigenvalue weighted by molar-refractivity contribution is 6.01. The number of esters is 1. The largest absolute Gasteiger partial charge is 0.460 e. The zero-order valence-electron chi connectivity index (χ0n) is 20.5. The monoisotopic (exact) mass is 467 g/mol. The Morgan fingerprint density at radius 2 is 1.74 bits per heavy atom. The van der Waals surface area contributed by atoms with Crippen molar-refractivity contribution in [1.29, 1.82) is 0 Å². The van der Waals surface area contributed by atoms with E-state index in [0.717, 1.165) is 27.7 Å². The Labute approximate surface area is 200 Å². The Kier molecular flexibility index (Phi) is 7.95. The highest BCUT2D eigenvalue weighted by atomic mass is 19.1. The predicted octanol–water partition coefficient (Wildman–Crippen LogP) is 5.89. The predicted molar refractivity (Wildman–Crippen MR) is 134 cm³/mol. The van der Waals surface area contributed by atoms with Gasteiger partial charge < -0.3 is 19.5 Å². The molecule has 2 aromatic carbocycles. The lowest BCUT2D eigenvalue weighted by atomic mass is 10.0. The summed E-state index contributed by atoms with van der Waals surface area (Å²) in [7, 11) is 0. The molecule has 0 saturated carbocycles. The fourth-order valence-electron chi connectivity index (χ4n) is 4.14. The van der Waals surface area contributed by atoms with Crippen LogP contribution >= 0.6 is 0 Å². The van der Waals surface area contributed by atoms with Crippen molar-refractivity contribution < 1.29 is 24.1 Å². The zero-order valence-corrected chi connectivity index (χ0v) is 20.5. The van der Waals surface area contributed by atoms with E-state index in [1.54, 1.807) is 39.0 Å². The van der Waals surface area contributed by atoms with Gasteiger partial charge in [0.25, 0.3) is 0 Å². The highest BCUT2D eigenvalue weighted by Gasteiger charge is 2.22. The lowest BCUT2D eigenvalue weighted by molar-refractivity contribution is -0.157. The molecule has 0 fully saturated rings. The molecule has 0 spiro atoms. The van der Waals surface area contributed by atoms with Gasteiger partial charge in [-0.2, -0.15) is 0 Å². The molecule has 0 saturated heterocycles. The molecule has 0 radical (unpaired) electrons. The summed E-state index contributed by atoms with van der Waals surface area (Å²) in [5.41, 5.74) is 3.11. The number of rotatable bonds is 8. The Balaban J connectivity index is 1.91. The van der Waals surface area contributed by atoms with E-state index in [1.165, 1.54) is 12.1 Å². The Bertz CT molecular complexity index is 1160. The van der Waals surface area contributed by atoms with Gasteiger partial charge in [0.05, 0.1) is 18.6 Å². The third-order valence-corrected chi connectivity index (χ3v) is 5.41. The van der Waals surface area contributed by atoms with Crippen LogP contribution < -0.4 is 0 Å². The van der Waals surface area contributed by atoms with Crippen LogP contribution in [0.25, 0.3) is 28.1 Å². The van der Waals surface area contributed by atoms with E-state index >= 15 is 0 Å². The van der Waals surface area contributed by atoms with Gasteiger partial charge >= 0.3 is 5.97 Å². The van der Waals surface area contributed by atoms with Crippen molar-refractivity contribution in [3.05, 3.63) is 66.1 Å². The Morgan fingerprint density at radius 1 is 1.09 bits per heavy atom. The maximum atomic E-state index is 13.6. The van der Waals surface area contributed by atoms with Crippen LogP contribution in [0.4, 0.5) is 4.39 Å². The molecule has 0 amide bonds. The molecule has 0 aliphatic heterocycles. The number of para-hydroxylation sites is 1. The van der Waals surface area contributed by atoms with Gasteiger partial charge in [0.15, 0.2) is 0 Å². The number of aliphatic hydroxyl groups is 2. The first-order valence-corrected chi connectivity index (χ1v) is 11.6. The number of nitrogens with zero attached hydrogens (tertiary/aromatic N) is 1. The molecule has 6 heteroatoms. The first kappa shape index (κ1) is 25.7. The van der Waals surface area contributed by atoms with Gasteiger partial charge in [-0.1, -0.05) is 36.4 Å². The van der Waals surface area contributed by atoms with E-state index in [-0.39, 0.29) is 24.7 Å². The Hall–Kier alpha value is -2.96. The van der Waals surface area contributed by atoms with E-state index < -0.39 is 23.8 Å². The molecule has 2 atom stereocenters. The number of aromatic nitrogens is 1. The average Bonchev–Trinajstić information content (AvgIpc) is 3.05. The van der Waals surface area contributed by atoms with E-state index in [0.29, 0.717) is 0 Å². The molecule has 0 unspecified atom stereocenters. The van der Waals surface area contributed by atoms with Crippen molar-refractivity contribution in [2.24, 2.45) is 0 Å². The Morgan fingerprint density at radius 3 is 2.35 bits per heavy atom. The second-order valence-electron chi connectivity index (χ2n) is 9.85. The molecule has 0 aliphatic carbocycles. The van der Waals surface area contributed by atoms with Crippen molar-refractivity contribution in [1.82, 2.24) is 4.57 Å². The quantitative estimate of drug-likeness (QED) is 0.406. The van der Waals surface area contributed by atoms with Gasteiger partial charge in [0.2, 0.25) is 0 Å². The number of hydrogen-bond donors (Lipinski definition) is 2. The number of ether oxygens (including phenoxy) is 1. The molecule has 0 bridgehead atoms. The van der Waals surface area contributed by atoms with Crippen LogP contribution in [-0.4, -0.2) is 38.6 Å². The summed E-state index contributed by atoms with van der Waals surface area (Å²) in [5.74, 6) is -0.808. The van der Waals surface area contributed by atoms with Crippen LogP contribution in [0.3, 0.4) is 0 Å². The summed E-state index contributed by atoms with van der Waals surface area (Å²) < 4.78 is 21.0. The smallest absolute Gasteiger partial charge is 0.308 e. The summed E-state index contributed by atoms with van der Waals surface area (Å²) in [6, 6.07) is 14.5. The van der Waals surface area contributed by atoms with Gasteiger partial charge in [-0.05, 0) is 64.5 Å². The standard InChI is InChI=1S/C28H34FNO4/c1-18(2)30-24-9-7-6-8-23(24)27(19-10-12-20(29)13-11-19)25(30)15-14-21(31)16-22(32)17-26(33)34-28(3,4)5/h6-15,18,21-22,31-32H,16-17H2,1-5H3/b15-14+/t21-,22+/m1/s1. The van der Waals surface area contributed by atoms with Gasteiger partial charge in [-0.15, -0.1) is 0 Å². The number of carbonyl (C=O) groups is 1. The summed E-state index contributed by atoms with van der Waals surface area (Å²) in [5, 5.41) is 21.9. The third-order valence-electron chi connectivity index (χ3n) is 5.41. The molecule has 0 aliphatic rings. The molecule has 34 heavy (non-hydrogen) atoms. The molecule has 5 nitrogen and oxygen atoms in total. The molecule has 1 aromatic heterocycles. The fourth-order valence-corrected chi connectivity index (χ4v) is 4.14. The van der Waals surface area contributed by atoms with Crippen LogP contribution in [0.5, 0.6) is 0 Å². The van der Waals surface area contributed by atoms with Crippen molar-refractivity contribution >= 4 is 22.9 Å². The van der Waals surface area contributed by atoms with E-state index in [9.17, 15) is 19.4 Å². The van der Waals surface area contributed by atoms with Crippen molar-refractivity contribution in [3.63, 3.8) is 0 Å². The molecule has 1 heterocycles. The number of carbonyl (C=O) groups excluding carboxylic acids is 1. The van der Waals surface area contributed by atoms with E-state index in [1.807, 2.05) is 30.3 Å². The normalized spacial score (nSPS) is 14.1. The van der Waals surface area contributed by atoms with Crippen molar-refractivity contribution in [2.45, 2.75) is 71.3 Å². The van der Waals surface area contributed by atoms with Gasteiger partial charge in [-0.25, -0.2) is 4.39 Å². The summed E-state index contributed by atoms with van der Waals surface area (Å²) in [6.07, 6.45) is 1.29. The van der Waals surface area contributed by atoms with Crippen LogP contribution in [0.15, 0.2) is 54.6 Å². The van der Waals surface area contributed by atoms with E-state index in [2.05, 4.69) is 18.4 Å². The summed E-state index contributed by atoms with van der Waals surface area (Å²) in [6.45, 7) is 9.46. The van der Waals surface area contributed by atoms with Gasteiger partial charge in [0.1, 0.15) is 11.4 Å². The molecule has 182 valence electrons. The maximum absolute atomic E-state index is 13.6. The van der Waals surface area contributed by atoms with Crippen LogP contribution in [0.2, 0.25) is 0 Å². The number of fused-ring (bicyclic) bond motifs is 1. The molecule has 3 rings (SSSR count). The molecular weight excluding hydrogens is 433 g/mol. The lowest BCUT2D eigenvalue weighted by Gasteiger charge is -2.21. The minimum atomic E-state index is -1.03. The average molecular weight is 468 g/mol. The fraction of sp³-hybridized carbons (Fsp3) is 0.393.